The van der Waals surface area contributed by atoms with E-state index in [2.05, 4.69) is 15.9 Å². The summed E-state index contributed by atoms with van der Waals surface area (Å²) in [7, 11) is 0. The molecule has 2 aromatic rings. The van der Waals surface area contributed by atoms with Gasteiger partial charge in [-0.25, -0.2) is 4.39 Å². The normalized spacial score (nSPS) is 12.5. The largest absolute Gasteiger partial charge is 0.388 e. The van der Waals surface area contributed by atoms with Crippen LogP contribution in [0.15, 0.2) is 40.9 Å². The summed E-state index contributed by atoms with van der Waals surface area (Å²) in [5, 5.41) is 10.8. The summed E-state index contributed by atoms with van der Waals surface area (Å²) < 4.78 is 14.0. The second kappa shape index (κ2) is 6.23. The first-order chi connectivity index (χ1) is 8.97. The number of aliphatic hydroxyl groups excluding tert-OH is 1. The monoisotopic (exact) mass is 362 g/mol. The van der Waals surface area contributed by atoms with Gasteiger partial charge >= 0.3 is 0 Å². The zero-order valence-corrected chi connectivity index (χ0v) is 12.8. The number of aliphatic hydroxyl groups is 1. The minimum atomic E-state index is -0.743. The van der Waals surface area contributed by atoms with Gasteiger partial charge in [0.1, 0.15) is 5.82 Å². The third-order valence-corrected chi connectivity index (χ3v) is 3.96. The van der Waals surface area contributed by atoms with E-state index in [-0.39, 0.29) is 5.02 Å². The van der Waals surface area contributed by atoms with Crippen LogP contribution in [0.25, 0.3) is 0 Å². The van der Waals surface area contributed by atoms with Gasteiger partial charge in [-0.15, -0.1) is 0 Å². The van der Waals surface area contributed by atoms with Gasteiger partial charge in [0.15, 0.2) is 0 Å². The van der Waals surface area contributed by atoms with Gasteiger partial charge in [-0.1, -0.05) is 51.3 Å². The molecule has 2 rings (SSSR count). The molecule has 5 heteroatoms. The fourth-order valence-corrected chi connectivity index (χ4v) is 2.84. The molecular weight excluding hydrogens is 354 g/mol. The molecule has 0 bridgehead atoms. The number of hydrogen-bond donors (Lipinski definition) is 1. The lowest BCUT2D eigenvalue weighted by molar-refractivity contribution is 0.177. The molecule has 100 valence electrons. The lowest BCUT2D eigenvalue weighted by Gasteiger charge is -2.13. The number of rotatable bonds is 3. The molecule has 0 radical (unpaired) electrons. The Kier molecular flexibility index (Phi) is 4.85. The van der Waals surface area contributed by atoms with Crippen molar-refractivity contribution >= 4 is 39.1 Å². The Bertz CT molecular complexity index is 604. The molecule has 0 saturated carbocycles. The molecule has 0 aliphatic rings. The fourth-order valence-electron chi connectivity index (χ4n) is 1.77. The minimum Gasteiger partial charge on any atom is -0.388 e. The minimum absolute atomic E-state index is 0.0749. The molecular formula is C14H10BrCl2FO. The molecule has 1 atom stereocenters. The maximum Gasteiger partial charge on any atom is 0.142 e. The standard InChI is InChI=1S/C14H10BrCl2FO/c15-11-7-9(16)2-3-10(11)14(19)6-8-1-4-12(17)13(18)5-8/h1-5,7,14,19H,6H2. The van der Waals surface area contributed by atoms with Crippen LogP contribution in [0.4, 0.5) is 4.39 Å². The SMILES string of the molecule is OC(Cc1ccc(Cl)c(F)c1)c1ccc(Cl)cc1Br. The van der Waals surface area contributed by atoms with E-state index in [0.717, 1.165) is 4.47 Å². The highest BCUT2D eigenvalue weighted by atomic mass is 79.9. The molecule has 0 saturated heterocycles. The first-order valence-electron chi connectivity index (χ1n) is 5.54. The van der Waals surface area contributed by atoms with E-state index in [1.807, 2.05) is 0 Å². The predicted octanol–water partition coefficient (Wildman–Crippen LogP) is 5.17. The number of hydrogen-bond acceptors (Lipinski definition) is 1. The van der Waals surface area contributed by atoms with E-state index < -0.39 is 11.9 Å². The van der Waals surface area contributed by atoms with Crippen molar-refractivity contribution in [2.75, 3.05) is 0 Å². The quantitative estimate of drug-likeness (QED) is 0.797. The molecule has 0 aliphatic carbocycles. The van der Waals surface area contributed by atoms with Gasteiger partial charge in [0.05, 0.1) is 11.1 Å². The summed E-state index contributed by atoms with van der Waals surface area (Å²) in [5.74, 6) is -0.485. The maximum atomic E-state index is 13.3. The van der Waals surface area contributed by atoms with Crippen molar-refractivity contribution in [2.45, 2.75) is 12.5 Å². The highest BCUT2D eigenvalue weighted by Gasteiger charge is 2.13. The molecule has 1 nitrogen and oxygen atoms in total. The molecule has 0 heterocycles. The van der Waals surface area contributed by atoms with Crippen LogP contribution >= 0.6 is 39.1 Å². The van der Waals surface area contributed by atoms with E-state index in [0.29, 0.717) is 22.6 Å². The van der Waals surface area contributed by atoms with Crippen molar-refractivity contribution < 1.29 is 9.50 Å². The Hall–Kier alpha value is -0.610. The van der Waals surface area contributed by atoms with Gasteiger partial charge in [0.25, 0.3) is 0 Å². The first kappa shape index (κ1) is 14.8. The Labute approximate surface area is 129 Å². The molecule has 0 aliphatic heterocycles. The van der Waals surface area contributed by atoms with Crippen LogP contribution in [0.1, 0.15) is 17.2 Å². The zero-order valence-electron chi connectivity index (χ0n) is 9.71. The summed E-state index contributed by atoms with van der Waals surface area (Å²) in [4.78, 5) is 0. The third kappa shape index (κ3) is 3.69. The Balaban J connectivity index is 2.20. The van der Waals surface area contributed by atoms with Crippen LogP contribution in [0.5, 0.6) is 0 Å². The van der Waals surface area contributed by atoms with Gasteiger partial charge in [0.2, 0.25) is 0 Å². The Morgan fingerprint density at radius 3 is 2.53 bits per heavy atom. The van der Waals surface area contributed by atoms with Crippen molar-refractivity contribution in [3.8, 4) is 0 Å². The molecule has 2 aromatic carbocycles. The van der Waals surface area contributed by atoms with E-state index in [1.165, 1.54) is 12.1 Å². The van der Waals surface area contributed by atoms with Gasteiger partial charge in [-0.05, 0) is 35.4 Å². The predicted molar refractivity (Wildman–Crippen MR) is 79.2 cm³/mol. The highest BCUT2D eigenvalue weighted by molar-refractivity contribution is 9.10. The van der Waals surface area contributed by atoms with E-state index in [1.54, 1.807) is 24.3 Å². The van der Waals surface area contributed by atoms with E-state index in [9.17, 15) is 9.50 Å². The first-order valence-corrected chi connectivity index (χ1v) is 7.09. The van der Waals surface area contributed by atoms with Gasteiger partial charge in [0, 0.05) is 15.9 Å². The van der Waals surface area contributed by atoms with Crippen LogP contribution in [0.2, 0.25) is 10.0 Å². The van der Waals surface area contributed by atoms with E-state index >= 15 is 0 Å². The summed E-state index contributed by atoms with van der Waals surface area (Å²) >= 11 is 14.8. The van der Waals surface area contributed by atoms with Crippen molar-refractivity contribution in [1.29, 1.82) is 0 Å². The van der Waals surface area contributed by atoms with Crippen LogP contribution in [-0.4, -0.2) is 5.11 Å². The molecule has 1 unspecified atom stereocenters. The van der Waals surface area contributed by atoms with Crippen molar-refractivity contribution in [2.24, 2.45) is 0 Å². The summed E-state index contributed by atoms with van der Waals surface area (Å²) in [6, 6.07) is 9.66. The van der Waals surface area contributed by atoms with Crippen molar-refractivity contribution in [3.63, 3.8) is 0 Å². The van der Waals surface area contributed by atoms with Gasteiger partial charge in [-0.3, -0.25) is 0 Å². The molecule has 0 amide bonds. The van der Waals surface area contributed by atoms with Crippen LogP contribution < -0.4 is 0 Å². The second-order valence-electron chi connectivity index (χ2n) is 4.13. The summed E-state index contributed by atoms with van der Waals surface area (Å²) in [6.07, 6.45) is -0.443. The molecule has 1 N–H and O–H groups in total. The van der Waals surface area contributed by atoms with Crippen molar-refractivity contribution in [3.05, 3.63) is 67.9 Å². The van der Waals surface area contributed by atoms with Gasteiger partial charge < -0.3 is 5.11 Å². The van der Waals surface area contributed by atoms with Crippen LogP contribution in [0, 0.1) is 5.82 Å². The average Bonchev–Trinajstić information content (AvgIpc) is 2.33. The summed E-state index contributed by atoms with van der Waals surface area (Å²) in [6.45, 7) is 0. The fraction of sp³-hybridized carbons (Fsp3) is 0.143. The van der Waals surface area contributed by atoms with Crippen LogP contribution in [0.3, 0.4) is 0 Å². The second-order valence-corrected chi connectivity index (χ2v) is 5.83. The molecule has 0 fully saturated rings. The molecule has 0 spiro atoms. The van der Waals surface area contributed by atoms with Crippen LogP contribution in [-0.2, 0) is 6.42 Å². The summed E-state index contributed by atoms with van der Waals surface area (Å²) in [5.41, 5.74) is 1.39. The van der Waals surface area contributed by atoms with Gasteiger partial charge in [-0.2, -0.15) is 0 Å². The Morgan fingerprint density at radius 2 is 1.89 bits per heavy atom. The molecule has 0 aromatic heterocycles. The molecule has 19 heavy (non-hydrogen) atoms. The maximum absolute atomic E-state index is 13.3. The lowest BCUT2D eigenvalue weighted by atomic mass is 10.0. The third-order valence-electron chi connectivity index (χ3n) is 2.73. The average molecular weight is 364 g/mol. The van der Waals surface area contributed by atoms with Crippen molar-refractivity contribution in [1.82, 2.24) is 0 Å². The highest BCUT2D eigenvalue weighted by Crippen LogP contribution is 2.29. The smallest absolute Gasteiger partial charge is 0.142 e. The number of benzene rings is 2. The Morgan fingerprint density at radius 1 is 1.16 bits per heavy atom. The lowest BCUT2D eigenvalue weighted by Crippen LogP contribution is -2.03. The zero-order chi connectivity index (χ0) is 14.0. The number of halogens is 4. The van der Waals surface area contributed by atoms with E-state index in [4.69, 9.17) is 23.2 Å². The topological polar surface area (TPSA) is 20.2 Å².